The van der Waals surface area contributed by atoms with Crippen LogP contribution in [0.15, 0.2) is 0 Å². The Morgan fingerprint density at radius 1 is 1.07 bits per heavy atom. The van der Waals surface area contributed by atoms with Crippen molar-refractivity contribution in [3.05, 3.63) is 0 Å². The molecule has 0 bridgehead atoms. The number of alkyl halides is 3. The molecule has 5 N–H and O–H groups in total. The molecule has 1 saturated carbocycles. The minimum atomic E-state index is -4.12. The van der Waals surface area contributed by atoms with Crippen LogP contribution >= 0.6 is 0 Å². The zero-order valence-corrected chi connectivity index (χ0v) is 16.5. The van der Waals surface area contributed by atoms with E-state index in [9.17, 15) is 13.2 Å². The molecule has 3 fully saturated rings. The number of ether oxygens (including phenoxy) is 2. The summed E-state index contributed by atoms with van der Waals surface area (Å²) < 4.78 is 50.7. The molecule has 2 aliphatic heterocycles. The summed E-state index contributed by atoms with van der Waals surface area (Å²) in [5.41, 5.74) is 0. The minimum Gasteiger partial charge on any atom is -0.377 e. The predicted octanol–water partition coefficient (Wildman–Crippen LogP) is 1.53. The molecule has 10 heteroatoms. The molecule has 6 unspecified atom stereocenters. The van der Waals surface area contributed by atoms with Gasteiger partial charge in [0.05, 0.1) is 12.0 Å². The van der Waals surface area contributed by atoms with Crippen molar-refractivity contribution in [2.24, 2.45) is 5.92 Å². The van der Waals surface area contributed by atoms with Crippen molar-refractivity contribution in [1.82, 2.24) is 26.6 Å². The highest BCUT2D eigenvalue weighted by atomic mass is 19.4. The Balaban J connectivity index is 1.52. The van der Waals surface area contributed by atoms with Gasteiger partial charge in [0.25, 0.3) is 0 Å². The van der Waals surface area contributed by atoms with Gasteiger partial charge in [-0.1, -0.05) is 13.3 Å². The van der Waals surface area contributed by atoms with Crippen molar-refractivity contribution in [2.75, 3.05) is 19.8 Å². The van der Waals surface area contributed by atoms with Crippen LogP contribution in [0.2, 0.25) is 0 Å². The summed E-state index contributed by atoms with van der Waals surface area (Å²) in [6.07, 6.45) is -0.208. The topological polar surface area (TPSA) is 78.6 Å². The molecule has 0 aromatic carbocycles. The van der Waals surface area contributed by atoms with Crippen molar-refractivity contribution in [1.29, 1.82) is 0 Å². The van der Waals surface area contributed by atoms with E-state index < -0.39 is 12.1 Å². The third-order valence-corrected chi connectivity index (χ3v) is 5.57. The van der Waals surface area contributed by atoms with Gasteiger partial charge in [0, 0.05) is 25.8 Å². The maximum Gasteiger partial charge on any atom is 0.391 e. The van der Waals surface area contributed by atoms with Gasteiger partial charge in [0.1, 0.15) is 12.6 Å². The van der Waals surface area contributed by atoms with Gasteiger partial charge in [-0.05, 0) is 38.5 Å². The second-order valence-corrected chi connectivity index (χ2v) is 7.93. The minimum absolute atomic E-state index is 0.116. The number of nitrogens with one attached hydrogen (secondary N) is 5. The van der Waals surface area contributed by atoms with Crippen LogP contribution in [0, 0.1) is 5.92 Å². The summed E-state index contributed by atoms with van der Waals surface area (Å²) in [5.74, 6) is -1.22. The van der Waals surface area contributed by atoms with Crippen molar-refractivity contribution < 1.29 is 22.6 Å². The fourth-order valence-electron chi connectivity index (χ4n) is 4.09. The molecule has 1 aliphatic carbocycles. The van der Waals surface area contributed by atoms with E-state index in [0.717, 1.165) is 32.3 Å². The largest absolute Gasteiger partial charge is 0.391 e. The van der Waals surface area contributed by atoms with Crippen LogP contribution < -0.4 is 26.6 Å². The van der Waals surface area contributed by atoms with Gasteiger partial charge >= 0.3 is 6.18 Å². The van der Waals surface area contributed by atoms with Crippen LogP contribution in [-0.4, -0.2) is 57.0 Å². The molecule has 0 amide bonds. The highest BCUT2D eigenvalue weighted by molar-refractivity contribution is 4.86. The number of hydrogen-bond donors (Lipinski definition) is 5. The van der Waals surface area contributed by atoms with E-state index in [1.54, 1.807) is 0 Å². The maximum absolute atomic E-state index is 13.1. The fraction of sp³-hybridized carbons (Fsp3) is 1.00. The van der Waals surface area contributed by atoms with Gasteiger partial charge in [-0.25, -0.2) is 0 Å². The zero-order chi connectivity index (χ0) is 20.0. The fourth-order valence-corrected chi connectivity index (χ4v) is 4.09. The Morgan fingerprint density at radius 2 is 1.89 bits per heavy atom. The van der Waals surface area contributed by atoms with Crippen LogP contribution in [-0.2, 0) is 9.47 Å². The smallest absolute Gasteiger partial charge is 0.377 e. The summed E-state index contributed by atoms with van der Waals surface area (Å²) in [5, 5.41) is 16.5. The standard InChI is InChI=1S/C18H34F3N5O2/c1-2-8-28-17-25-15(22-11-14-7-4-9-27-14)24-16(26-17)23-13-6-3-5-12(10-13)18(19,20)21/h12-17,22-26H,2-11H2,1H3. The van der Waals surface area contributed by atoms with Crippen molar-refractivity contribution in [3.63, 3.8) is 0 Å². The Labute approximate surface area is 164 Å². The Morgan fingerprint density at radius 3 is 2.61 bits per heavy atom. The van der Waals surface area contributed by atoms with Crippen LogP contribution in [0.4, 0.5) is 13.2 Å². The van der Waals surface area contributed by atoms with Gasteiger partial charge in [-0.2, -0.15) is 13.2 Å². The van der Waals surface area contributed by atoms with E-state index in [4.69, 9.17) is 9.47 Å². The molecular weight excluding hydrogens is 375 g/mol. The second kappa shape index (κ2) is 10.5. The van der Waals surface area contributed by atoms with E-state index in [2.05, 4.69) is 26.6 Å². The monoisotopic (exact) mass is 409 g/mol. The third-order valence-electron chi connectivity index (χ3n) is 5.57. The summed E-state index contributed by atoms with van der Waals surface area (Å²) >= 11 is 0. The first-order valence-electron chi connectivity index (χ1n) is 10.5. The van der Waals surface area contributed by atoms with Crippen LogP contribution in [0.5, 0.6) is 0 Å². The molecule has 28 heavy (non-hydrogen) atoms. The number of rotatable bonds is 8. The summed E-state index contributed by atoms with van der Waals surface area (Å²) in [7, 11) is 0. The van der Waals surface area contributed by atoms with E-state index in [1.165, 1.54) is 0 Å². The molecule has 3 aliphatic rings. The highest BCUT2D eigenvalue weighted by Crippen LogP contribution is 2.37. The van der Waals surface area contributed by atoms with Crippen molar-refractivity contribution in [3.8, 4) is 0 Å². The predicted molar refractivity (Wildman–Crippen MR) is 98.9 cm³/mol. The quantitative estimate of drug-likeness (QED) is 0.416. The zero-order valence-electron chi connectivity index (χ0n) is 16.5. The second-order valence-electron chi connectivity index (χ2n) is 7.93. The lowest BCUT2D eigenvalue weighted by atomic mass is 9.85. The number of hydrogen-bond acceptors (Lipinski definition) is 7. The molecule has 6 atom stereocenters. The normalized spacial score (nSPS) is 37.3. The molecule has 3 rings (SSSR count). The van der Waals surface area contributed by atoms with E-state index in [0.29, 0.717) is 19.6 Å². The van der Waals surface area contributed by atoms with E-state index in [-0.39, 0.29) is 43.9 Å². The maximum atomic E-state index is 13.1. The van der Waals surface area contributed by atoms with Crippen LogP contribution in [0.3, 0.4) is 0 Å². The number of halogens is 3. The van der Waals surface area contributed by atoms with Gasteiger partial charge in [0.15, 0.2) is 6.35 Å². The lowest BCUT2D eigenvalue weighted by molar-refractivity contribution is -0.184. The molecule has 0 aromatic rings. The molecule has 7 nitrogen and oxygen atoms in total. The molecular formula is C18H34F3N5O2. The molecule has 2 saturated heterocycles. The van der Waals surface area contributed by atoms with E-state index in [1.807, 2.05) is 6.92 Å². The average Bonchev–Trinajstić information content (AvgIpc) is 3.18. The molecule has 0 radical (unpaired) electrons. The molecule has 0 spiro atoms. The van der Waals surface area contributed by atoms with Crippen molar-refractivity contribution >= 4 is 0 Å². The van der Waals surface area contributed by atoms with Gasteiger partial charge in [-0.3, -0.25) is 26.6 Å². The first-order chi connectivity index (χ1) is 13.4. The Kier molecular flexibility index (Phi) is 8.34. The third kappa shape index (κ3) is 6.79. The van der Waals surface area contributed by atoms with Gasteiger partial charge in [-0.15, -0.1) is 0 Å². The molecule has 0 aromatic heterocycles. The Bertz CT molecular complexity index is 465. The van der Waals surface area contributed by atoms with Crippen LogP contribution in [0.25, 0.3) is 0 Å². The summed E-state index contributed by atoms with van der Waals surface area (Å²) in [6.45, 7) is 4.13. The summed E-state index contributed by atoms with van der Waals surface area (Å²) in [6, 6.07) is -0.186. The lowest BCUT2D eigenvalue weighted by Gasteiger charge is -2.42. The summed E-state index contributed by atoms with van der Waals surface area (Å²) in [4.78, 5) is 0. The first kappa shape index (κ1) is 22.2. The van der Waals surface area contributed by atoms with Gasteiger partial charge < -0.3 is 9.47 Å². The Hall–Kier alpha value is -0.490. The van der Waals surface area contributed by atoms with E-state index >= 15 is 0 Å². The first-order valence-corrected chi connectivity index (χ1v) is 10.5. The average molecular weight is 409 g/mol. The highest BCUT2D eigenvalue weighted by Gasteiger charge is 2.42. The lowest BCUT2D eigenvalue weighted by Crippen LogP contribution is -2.76. The SMILES string of the molecule is CCCOC1NC(NCC2CCCO2)NC(NC2CCCC(C(F)(F)F)C2)N1. The van der Waals surface area contributed by atoms with Gasteiger partial charge in [0.2, 0.25) is 0 Å². The van der Waals surface area contributed by atoms with Crippen molar-refractivity contribution in [2.45, 2.75) is 89.1 Å². The van der Waals surface area contributed by atoms with Crippen LogP contribution in [0.1, 0.15) is 51.9 Å². The molecule has 2 heterocycles. The molecule has 164 valence electrons.